The van der Waals surface area contributed by atoms with Crippen molar-refractivity contribution in [3.05, 3.63) is 151 Å². The Morgan fingerprint density at radius 1 is 0.553 bits per heavy atom. The predicted octanol–water partition coefficient (Wildman–Crippen LogP) is 11.1. The van der Waals surface area contributed by atoms with Crippen molar-refractivity contribution in [2.45, 2.75) is 19.3 Å². The van der Waals surface area contributed by atoms with E-state index in [1.165, 1.54) is 21.9 Å². The molecule has 222 valence electrons. The number of hydrogen-bond donors (Lipinski definition) is 0. The Balaban J connectivity index is 1.32. The average molecular weight is 604 g/mol. The first-order chi connectivity index (χ1) is 23.1. The summed E-state index contributed by atoms with van der Waals surface area (Å²) in [6.45, 7) is 4.56. The van der Waals surface area contributed by atoms with Crippen LogP contribution in [-0.2, 0) is 5.41 Å². The van der Waals surface area contributed by atoms with E-state index in [9.17, 15) is 0 Å². The summed E-state index contributed by atoms with van der Waals surface area (Å²) in [6, 6.07) is 49.2. The van der Waals surface area contributed by atoms with Crippen LogP contribution in [0.2, 0.25) is 0 Å². The van der Waals surface area contributed by atoms with Crippen molar-refractivity contribution in [3.8, 4) is 39.5 Å². The fourth-order valence-electron chi connectivity index (χ4n) is 7.77. The van der Waals surface area contributed by atoms with E-state index < -0.39 is 0 Å². The van der Waals surface area contributed by atoms with Gasteiger partial charge in [-0.05, 0) is 35.4 Å². The zero-order valence-electron chi connectivity index (χ0n) is 26.0. The molecule has 47 heavy (non-hydrogen) atoms. The summed E-state index contributed by atoms with van der Waals surface area (Å²) in [5.74, 6) is 0.737. The molecule has 4 nitrogen and oxygen atoms in total. The second kappa shape index (κ2) is 9.51. The predicted molar refractivity (Wildman–Crippen MR) is 192 cm³/mol. The van der Waals surface area contributed by atoms with Crippen molar-refractivity contribution in [2.75, 3.05) is 0 Å². The first kappa shape index (κ1) is 26.2. The van der Waals surface area contributed by atoms with Gasteiger partial charge in [0.05, 0.1) is 28.1 Å². The molecule has 3 heterocycles. The standard InChI is InChI=1S/C43H29N3O/c1-43(2)33-20-10-6-18-29(33)39-40(44-42(45-41(39)43)26-14-4-3-5-15-26)30-19-8-12-22-35(30)46-34-21-11-7-16-27(34)31-24-32-28-17-9-13-23-37(28)47-38(32)25-36(31)46/h3-25H,1-2H3. The van der Waals surface area contributed by atoms with Crippen molar-refractivity contribution >= 4 is 43.7 Å². The molecule has 0 saturated heterocycles. The van der Waals surface area contributed by atoms with Gasteiger partial charge in [0, 0.05) is 49.7 Å². The van der Waals surface area contributed by atoms with Crippen LogP contribution in [0.1, 0.15) is 25.1 Å². The lowest BCUT2D eigenvalue weighted by Gasteiger charge is -2.21. The van der Waals surface area contributed by atoms with E-state index >= 15 is 0 Å². The normalized spacial score (nSPS) is 13.5. The van der Waals surface area contributed by atoms with E-state index in [1.54, 1.807) is 0 Å². The molecule has 0 atom stereocenters. The Hall–Kier alpha value is -6.00. The first-order valence-corrected chi connectivity index (χ1v) is 16.1. The molecule has 0 bridgehead atoms. The third-order valence-electron chi connectivity index (χ3n) is 9.97. The second-order valence-electron chi connectivity index (χ2n) is 13.0. The maximum Gasteiger partial charge on any atom is 0.160 e. The molecule has 9 aromatic rings. The summed E-state index contributed by atoms with van der Waals surface area (Å²) in [5.41, 5.74) is 12.5. The van der Waals surface area contributed by atoms with Crippen LogP contribution in [0.4, 0.5) is 0 Å². The molecule has 0 spiro atoms. The Bertz CT molecular complexity index is 2710. The molecule has 4 heteroatoms. The zero-order chi connectivity index (χ0) is 31.3. The van der Waals surface area contributed by atoms with Gasteiger partial charge in [-0.3, -0.25) is 0 Å². The SMILES string of the molecule is CC1(C)c2ccccc2-c2c(-c3ccccc3-n3c4ccccc4c4cc5c(cc43)oc3ccccc35)nc(-c3ccccc3)nc21. The van der Waals surface area contributed by atoms with Crippen LogP contribution in [0, 0.1) is 0 Å². The van der Waals surface area contributed by atoms with Gasteiger partial charge in [-0.25, -0.2) is 9.97 Å². The minimum absolute atomic E-state index is 0.276. The Morgan fingerprint density at radius 3 is 2.13 bits per heavy atom. The molecule has 0 unspecified atom stereocenters. The number of benzene rings is 6. The molecule has 0 saturated carbocycles. The molecule has 10 rings (SSSR count). The van der Waals surface area contributed by atoms with E-state index in [0.29, 0.717) is 0 Å². The van der Waals surface area contributed by atoms with E-state index in [2.05, 4.69) is 140 Å². The molecule has 0 radical (unpaired) electrons. The fraction of sp³-hybridized carbons (Fsp3) is 0.0698. The van der Waals surface area contributed by atoms with E-state index in [4.69, 9.17) is 14.4 Å². The van der Waals surface area contributed by atoms with Gasteiger partial charge in [0.2, 0.25) is 0 Å². The van der Waals surface area contributed by atoms with E-state index in [-0.39, 0.29) is 5.41 Å². The monoisotopic (exact) mass is 603 g/mol. The van der Waals surface area contributed by atoms with Crippen molar-refractivity contribution in [1.82, 2.24) is 14.5 Å². The average Bonchev–Trinajstić information content (AvgIpc) is 3.72. The molecule has 0 aliphatic heterocycles. The maximum atomic E-state index is 6.42. The summed E-state index contributed by atoms with van der Waals surface area (Å²) in [5, 5.41) is 4.66. The van der Waals surface area contributed by atoms with Crippen molar-refractivity contribution in [1.29, 1.82) is 0 Å². The lowest BCUT2D eigenvalue weighted by Crippen LogP contribution is -2.17. The highest BCUT2D eigenvalue weighted by Crippen LogP contribution is 2.52. The minimum Gasteiger partial charge on any atom is -0.456 e. The first-order valence-electron chi connectivity index (χ1n) is 16.1. The lowest BCUT2D eigenvalue weighted by molar-refractivity contribution is 0.636. The Morgan fingerprint density at radius 2 is 1.26 bits per heavy atom. The number of hydrogen-bond acceptors (Lipinski definition) is 3. The summed E-state index contributed by atoms with van der Waals surface area (Å²) >= 11 is 0. The van der Waals surface area contributed by atoms with Crippen LogP contribution in [0.25, 0.3) is 83.2 Å². The van der Waals surface area contributed by atoms with Crippen LogP contribution in [0.5, 0.6) is 0 Å². The summed E-state index contributed by atoms with van der Waals surface area (Å²) in [7, 11) is 0. The molecule has 0 amide bonds. The van der Waals surface area contributed by atoms with Crippen molar-refractivity contribution < 1.29 is 4.42 Å². The van der Waals surface area contributed by atoms with E-state index in [1.807, 2.05) is 18.2 Å². The number of para-hydroxylation sites is 3. The van der Waals surface area contributed by atoms with Gasteiger partial charge in [-0.15, -0.1) is 0 Å². The van der Waals surface area contributed by atoms with Crippen LogP contribution in [0.3, 0.4) is 0 Å². The van der Waals surface area contributed by atoms with Gasteiger partial charge in [0.25, 0.3) is 0 Å². The number of rotatable bonds is 3. The third kappa shape index (κ3) is 3.64. The maximum absolute atomic E-state index is 6.42. The van der Waals surface area contributed by atoms with E-state index in [0.717, 1.165) is 72.6 Å². The smallest absolute Gasteiger partial charge is 0.160 e. The van der Waals surface area contributed by atoms with Crippen LogP contribution in [-0.4, -0.2) is 14.5 Å². The molecule has 6 aromatic carbocycles. The van der Waals surface area contributed by atoms with Gasteiger partial charge < -0.3 is 8.98 Å². The highest BCUT2D eigenvalue weighted by Gasteiger charge is 2.40. The Labute approximate surface area is 271 Å². The molecule has 1 aliphatic carbocycles. The number of fused-ring (bicyclic) bond motifs is 9. The summed E-state index contributed by atoms with van der Waals surface area (Å²) in [4.78, 5) is 10.7. The van der Waals surface area contributed by atoms with Crippen LogP contribution >= 0.6 is 0 Å². The van der Waals surface area contributed by atoms with Crippen LogP contribution < -0.4 is 0 Å². The molecular formula is C43H29N3O. The minimum atomic E-state index is -0.276. The third-order valence-corrected chi connectivity index (χ3v) is 9.97. The Kier molecular flexibility index (Phi) is 5.31. The number of furan rings is 1. The van der Waals surface area contributed by atoms with Crippen molar-refractivity contribution in [2.24, 2.45) is 0 Å². The highest BCUT2D eigenvalue weighted by molar-refractivity contribution is 6.17. The molecule has 3 aromatic heterocycles. The van der Waals surface area contributed by atoms with Gasteiger partial charge in [0.1, 0.15) is 11.2 Å². The van der Waals surface area contributed by atoms with Gasteiger partial charge in [-0.2, -0.15) is 0 Å². The molecular weight excluding hydrogens is 574 g/mol. The van der Waals surface area contributed by atoms with Gasteiger partial charge in [0.15, 0.2) is 5.82 Å². The topological polar surface area (TPSA) is 43.9 Å². The zero-order valence-corrected chi connectivity index (χ0v) is 26.0. The quantitative estimate of drug-likeness (QED) is 0.202. The lowest BCUT2D eigenvalue weighted by atomic mass is 9.85. The van der Waals surface area contributed by atoms with Crippen LogP contribution in [0.15, 0.2) is 144 Å². The van der Waals surface area contributed by atoms with Crippen molar-refractivity contribution in [3.63, 3.8) is 0 Å². The highest BCUT2D eigenvalue weighted by atomic mass is 16.3. The molecule has 0 fully saturated rings. The van der Waals surface area contributed by atoms with Gasteiger partial charge >= 0.3 is 0 Å². The molecule has 0 N–H and O–H groups in total. The van der Waals surface area contributed by atoms with Gasteiger partial charge in [-0.1, -0.05) is 123 Å². The second-order valence-corrected chi connectivity index (χ2v) is 13.0. The molecule has 1 aliphatic rings. The number of nitrogens with zero attached hydrogens (tertiary/aromatic N) is 3. The summed E-state index contributed by atoms with van der Waals surface area (Å²) in [6.07, 6.45) is 0. The fourth-order valence-corrected chi connectivity index (χ4v) is 7.77. The summed E-state index contributed by atoms with van der Waals surface area (Å²) < 4.78 is 8.80. The number of aromatic nitrogens is 3. The largest absolute Gasteiger partial charge is 0.456 e.